The summed E-state index contributed by atoms with van der Waals surface area (Å²) in [6.07, 6.45) is 5.36. The quantitative estimate of drug-likeness (QED) is 0.180. The number of fused-ring (bicyclic) bond motifs is 10. The number of para-hydroxylation sites is 3. The minimum absolute atomic E-state index is 0.422. The van der Waals surface area contributed by atoms with Gasteiger partial charge in [0.15, 0.2) is 17.5 Å². The van der Waals surface area contributed by atoms with E-state index in [1.54, 1.807) is 0 Å². The maximum absolute atomic E-state index is 6.64. The Morgan fingerprint density at radius 1 is 0.482 bits per heavy atom. The molecule has 7 aromatic carbocycles. The Morgan fingerprint density at radius 2 is 1.18 bits per heavy atom. The summed E-state index contributed by atoms with van der Waals surface area (Å²) in [5.74, 6) is 3.08. The normalized spacial score (nSPS) is 14.2. The van der Waals surface area contributed by atoms with Gasteiger partial charge in [0.2, 0.25) is 0 Å². The van der Waals surface area contributed by atoms with Crippen molar-refractivity contribution in [1.29, 1.82) is 0 Å². The van der Waals surface area contributed by atoms with E-state index in [-0.39, 0.29) is 0 Å². The second-order valence-corrected chi connectivity index (χ2v) is 14.8. The fourth-order valence-corrected chi connectivity index (χ4v) is 8.59. The lowest BCUT2D eigenvalue weighted by Crippen LogP contribution is -2.01. The number of aromatic nitrogens is 3. The average Bonchev–Trinajstić information content (AvgIpc) is 3.94. The van der Waals surface area contributed by atoms with E-state index in [0.29, 0.717) is 23.4 Å². The highest BCUT2D eigenvalue weighted by molar-refractivity contribution is 6.14. The summed E-state index contributed by atoms with van der Waals surface area (Å²) in [6, 6.07) is 47.8. The molecule has 0 spiro atoms. The largest absolute Gasteiger partial charge is 0.460 e. The summed E-state index contributed by atoms with van der Waals surface area (Å²) in [4.78, 5) is 15.8. The summed E-state index contributed by atoms with van der Waals surface area (Å²) < 4.78 is 19.7. The molecule has 1 aliphatic rings. The molecule has 264 valence electrons. The van der Waals surface area contributed by atoms with Gasteiger partial charge >= 0.3 is 0 Å². The first-order valence-corrected chi connectivity index (χ1v) is 19.0. The van der Waals surface area contributed by atoms with Gasteiger partial charge in [0.05, 0.1) is 5.56 Å². The van der Waals surface area contributed by atoms with Crippen LogP contribution in [0.3, 0.4) is 0 Å². The Kier molecular flexibility index (Phi) is 6.57. The number of hydrogen-bond donors (Lipinski definition) is 0. The molecule has 12 rings (SSSR count). The third-order valence-electron chi connectivity index (χ3n) is 11.2. The lowest BCUT2D eigenvalue weighted by Gasteiger charge is -2.13. The van der Waals surface area contributed by atoms with Gasteiger partial charge in [-0.1, -0.05) is 116 Å². The van der Waals surface area contributed by atoms with Gasteiger partial charge in [-0.2, -0.15) is 0 Å². The van der Waals surface area contributed by atoms with Crippen LogP contribution in [0.15, 0.2) is 159 Å². The predicted molar refractivity (Wildman–Crippen MR) is 225 cm³/mol. The molecule has 1 atom stereocenters. The maximum atomic E-state index is 6.64. The van der Waals surface area contributed by atoms with Gasteiger partial charge in [-0.25, -0.2) is 15.0 Å². The van der Waals surface area contributed by atoms with Crippen molar-refractivity contribution in [2.75, 3.05) is 0 Å². The molecule has 4 aromatic heterocycles. The molecule has 0 saturated heterocycles. The van der Waals surface area contributed by atoms with Gasteiger partial charge in [0, 0.05) is 50.0 Å². The monoisotopic (exact) mass is 721 g/mol. The first-order valence-electron chi connectivity index (χ1n) is 19.0. The first-order chi connectivity index (χ1) is 27.6. The number of hydrogen-bond acceptors (Lipinski definition) is 6. The number of furan rings is 3. The standard InChI is InChI=1S/C50H31N3O3/c1-28-20-23-37-43(24-28)55-42-19-9-14-33(45(37)42)32-26-39(46-36-13-5-7-18-41(36)54-44(46)27-32)50-52-48(31-22-21-29-10-2-3-11-30(29)25-31)51-49(53-50)38-16-8-15-35-34-12-4-6-17-40(34)56-47(35)38/h2-23,25-28H,24H2,1H3. The second-order valence-electron chi connectivity index (χ2n) is 14.8. The molecule has 0 fully saturated rings. The third kappa shape index (κ3) is 4.72. The zero-order chi connectivity index (χ0) is 36.9. The van der Waals surface area contributed by atoms with Crippen LogP contribution in [0.2, 0.25) is 0 Å². The highest BCUT2D eigenvalue weighted by Crippen LogP contribution is 2.44. The molecule has 6 heteroatoms. The van der Waals surface area contributed by atoms with Crippen molar-refractivity contribution in [2.45, 2.75) is 13.3 Å². The van der Waals surface area contributed by atoms with Gasteiger partial charge < -0.3 is 13.3 Å². The Bertz CT molecular complexity index is 3440. The molecule has 0 N–H and O–H groups in total. The number of allylic oxidation sites excluding steroid dienone is 1. The van der Waals surface area contributed by atoms with E-state index in [0.717, 1.165) is 111 Å². The summed E-state index contributed by atoms with van der Waals surface area (Å²) in [6.45, 7) is 2.22. The van der Waals surface area contributed by atoms with Gasteiger partial charge in [-0.15, -0.1) is 0 Å². The number of benzene rings is 7. The average molecular weight is 722 g/mol. The zero-order valence-electron chi connectivity index (χ0n) is 30.3. The van der Waals surface area contributed by atoms with Gasteiger partial charge in [-0.05, 0) is 70.3 Å². The predicted octanol–water partition coefficient (Wildman–Crippen LogP) is 13.4. The van der Waals surface area contributed by atoms with Crippen molar-refractivity contribution < 1.29 is 13.3 Å². The van der Waals surface area contributed by atoms with E-state index >= 15 is 0 Å². The van der Waals surface area contributed by atoms with Crippen molar-refractivity contribution in [3.05, 3.63) is 157 Å². The lowest BCUT2D eigenvalue weighted by molar-refractivity contribution is 0.513. The third-order valence-corrected chi connectivity index (χ3v) is 11.2. The second kappa shape index (κ2) is 11.8. The van der Waals surface area contributed by atoms with Crippen molar-refractivity contribution in [2.24, 2.45) is 5.92 Å². The summed E-state index contributed by atoms with van der Waals surface area (Å²) in [7, 11) is 0. The smallest absolute Gasteiger partial charge is 0.167 e. The molecule has 0 amide bonds. The Balaban J connectivity index is 1.16. The van der Waals surface area contributed by atoms with E-state index in [1.165, 1.54) is 0 Å². The van der Waals surface area contributed by atoms with E-state index in [4.69, 9.17) is 28.2 Å². The van der Waals surface area contributed by atoms with Crippen LogP contribution in [-0.2, 0) is 6.42 Å². The van der Waals surface area contributed by atoms with Crippen LogP contribution in [0.25, 0.3) is 117 Å². The van der Waals surface area contributed by atoms with E-state index in [1.807, 2.05) is 48.5 Å². The highest BCUT2D eigenvalue weighted by atomic mass is 16.3. The van der Waals surface area contributed by atoms with Crippen molar-refractivity contribution in [3.8, 4) is 45.3 Å². The zero-order valence-corrected chi connectivity index (χ0v) is 30.3. The fraction of sp³-hybridized carbons (Fsp3) is 0.0600. The molecule has 56 heavy (non-hydrogen) atoms. The van der Waals surface area contributed by atoms with Crippen molar-refractivity contribution >= 4 is 71.7 Å². The molecular formula is C50H31N3O3. The van der Waals surface area contributed by atoms with Crippen LogP contribution in [0.1, 0.15) is 18.2 Å². The molecule has 1 aliphatic carbocycles. The molecule has 0 bridgehead atoms. The first kappa shape index (κ1) is 31.1. The Morgan fingerprint density at radius 3 is 2.07 bits per heavy atom. The molecule has 1 unspecified atom stereocenters. The van der Waals surface area contributed by atoms with Gasteiger partial charge in [-0.3, -0.25) is 0 Å². The van der Waals surface area contributed by atoms with Crippen molar-refractivity contribution in [3.63, 3.8) is 0 Å². The van der Waals surface area contributed by atoms with E-state index in [2.05, 4.69) is 110 Å². The van der Waals surface area contributed by atoms with E-state index in [9.17, 15) is 0 Å². The molecule has 0 aliphatic heterocycles. The fourth-order valence-electron chi connectivity index (χ4n) is 8.59. The number of rotatable bonds is 4. The lowest BCUT2D eigenvalue weighted by atomic mass is 9.91. The van der Waals surface area contributed by atoms with Crippen LogP contribution in [0.5, 0.6) is 0 Å². The molecular weight excluding hydrogens is 691 g/mol. The molecule has 11 aromatic rings. The van der Waals surface area contributed by atoms with Crippen LogP contribution in [0.4, 0.5) is 0 Å². The molecule has 6 nitrogen and oxygen atoms in total. The van der Waals surface area contributed by atoms with Crippen LogP contribution >= 0.6 is 0 Å². The molecule has 0 radical (unpaired) electrons. The van der Waals surface area contributed by atoms with Gasteiger partial charge in [0.1, 0.15) is 33.7 Å². The topological polar surface area (TPSA) is 78.1 Å². The molecule has 0 saturated carbocycles. The van der Waals surface area contributed by atoms with Crippen LogP contribution in [-0.4, -0.2) is 15.0 Å². The Hall–Kier alpha value is -7.31. The van der Waals surface area contributed by atoms with Crippen LogP contribution in [0, 0.1) is 5.92 Å². The summed E-state index contributed by atoms with van der Waals surface area (Å²) >= 11 is 0. The van der Waals surface area contributed by atoms with E-state index < -0.39 is 0 Å². The minimum Gasteiger partial charge on any atom is -0.460 e. The molecule has 4 heterocycles. The summed E-state index contributed by atoms with van der Waals surface area (Å²) in [5, 5.41) is 7.36. The Labute approximate surface area is 320 Å². The maximum Gasteiger partial charge on any atom is 0.167 e. The summed E-state index contributed by atoms with van der Waals surface area (Å²) in [5.41, 5.74) is 9.71. The highest BCUT2D eigenvalue weighted by Gasteiger charge is 2.24. The SMILES string of the molecule is CC1C=Cc2c(oc3cccc(-c4cc(-c5nc(-c6ccc7ccccc7c6)nc(-c6cccc7c6oc6ccccc67)n5)c5c(c4)oc4ccccc45)c23)C1. The minimum atomic E-state index is 0.422. The van der Waals surface area contributed by atoms with Crippen molar-refractivity contribution in [1.82, 2.24) is 15.0 Å². The number of nitrogens with zero attached hydrogens (tertiary/aromatic N) is 3. The van der Waals surface area contributed by atoms with Crippen LogP contribution < -0.4 is 0 Å². The van der Waals surface area contributed by atoms with Gasteiger partial charge in [0.25, 0.3) is 0 Å².